The van der Waals surface area contributed by atoms with Crippen LogP contribution in [0.1, 0.15) is 0 Å². The smallest absolute Gasteiger partial charge is 0.281 e. The molecule has 136 valence electrons. The van der Waals surface area contributed by atoms with Gasteiger partial charge in [-0.2, -0.15) is 60.7 Å². The molecule has 4 aromatic rings. The first-order valence-corrected chi connectivity index (χ1v) is 7.58. The summed E-state index contributed by atoms with van der Waals surface area (Å²) in [5, 5.41) is 0. The van der Waals surface area contributed by atoms with Gasteiger partial charge in [0, 0.05) is 23.3 Å². The van der Waals surface area contributed by atoms with Crippen LogP contribution in [-0.2, 0) is 21.7 Å². The van der Waals surface area contributed by atoms with Crippen molar-refractivity contribution in [2.24, 2.45) is 0 Å². The third kappa shape index (κ3) is 12.5. The molecule has 0 amide bonds. The van der Waals surface area contributed by atoms with Gasteiger partial charge in [0.1, 0.15) is 0 Å². The van der Waals surface area contributed by atoms with Crippen molar-refractivity contribution in [1.82, 2.24) is 0 Å². The Kier molecular flexibility index (Phi) is 14.4. The van der Waals surface area contributed by atoms with Crippen LogP contribution in [0, 0.1) is 35.4 Å². The summed E-state index contributed by atoms with van der Waals surface area (Å²) in [6.45, 7) is 0. The van der Waals surface area contributed by atoms with E-state index < -0.39 is 23.3 Å². The molecule has 0 unspecified atom stereocenters. The third-order valence-corrected chi connectivity index (χ3v) is 2.63. The summed E-state index contributed by atoms with van der Waals surface area (Å²) in [5.74, 6) is -3.56. The fourth-order valence-corrected chi connectivity index (χ4v) is 1.43. The maximum atomic E-state index is 11.9. The Morgan fingerprint density at radius 1 is 0.556 bits per heavy atom. The van der Waals surface area contributed by atoms with Crippen molar-refractivity contribution in [3.05, 3.63) is 132 Å². The summed E-state index contributed by atoms with van der Waals surface area (Å²) < 4.78 is 47.6. The van der Waals surface area contributed by atoms with Gasteiger partial charge >= 0.3 is 21.7 Å². The second kappa shape index (κ2) is 15.8. The molecule has 27 heavy (non-hydrogen) atoms. The molecule has 4 aromatic carbocycles. The van der Waals surface area contributed by atoms with Crippen molar-refractivity contribution in [3.63, 3.8) is 0 Å². The molecule has 0 bridgehead atoms. The average molecular weight is 404 g/mol. The second-order valence-electron chi connectivity index (χ2n) is 4.59. The fourth-order valence-electron chi connectivity index (χ4n) is 1.43. The molecule has 0 aromatic heterocycles. The topological polar surface area (TPSA) is 0 Å². The van der Waals surface area contributed by atoms with Crippen LogP contribution in [0.15, 0.2) is 97.1 Å². The summed E-state index contributed by atoms with van der Waals surface area (Å²) in [7, 11) is 0. The van der Waals surface area contributed by atoms with Crippen LogP contribution in [0.3, 0.4) is 0 Å². The largest absolute Gasteiger partial charge is 4.00 e. The Labute approximate surface area is 171 Å². The minimum atomic E-state index is -0.924. The first-order chi connectivity index (χ1) is 12.6. The van der Waals surface area contributed by atoms with Gasteiger partial charge in [0.2, 0.25) is 0 Å². The number of hydrogen-bond acceptors (Lipinski definition) is 0. The molecule has 0 aliphatic carbocycles. The van der Waals surface area contributed by atoms with E-state index in [9.17, 15) is 17.6 Å². The molecule has 5 heteroatoms. The van der Waals surface area contributed by atoms with Crippen LogP contribution in [0.25, 0.3) is 0 Å². The summed E-state index contributed by atoms with van der Waals surface area (Å²) in [4.78, 5) is 0. The Morgan fingerprint density at radius 2 is 0.889 bits per heavy atom. The van der Waals surface area contributed by atoms with Crippen molar-refractivity contribution in [2.45, 2.75) is 0 Å². The Morgan fingerprint density at radius 3 is 1.04 bits per heavy atom. The minimum absolute atomic E-state index is 0. The SMILES string of the molecule is Fc1[c-]cccc1F.Fc1[c-]cccc1F.[Ti+4].c1cc[cH-]c1.c1cc[cH-]c1. The van der Waals surface area contributed by atoms with Crippen LogP contribution in [0.2, 0.25) is 0 Å². The van der Waals surface area contributed by atoms with Gasteiger partial charge in [-0.05, 0) is 0 Å². The fraction of sp³-hybridized carbons (Fsp3) is 0. The minimum Gasteiger partial charge on any atom is -0.281 e. The molecular formula is C22H16F4Ti. The number of halogens is 4. The zero-order chi connectivity index (χ0) is 19.0. The third-order valence-electron chi connectivity index (χ3n) is 2.63. The quantitative estimate of drug-likeness (QED) is 0.182. The summed E-state index contributed by atoms with van der Waals surface area (Å²) in [5.41, 5.74) is 0. The van der Waals surface area contributed by atoms with Crippen molar-refractivity contribution < 1.29 is 39.3 Å². The normalized spacial score (nSPS) is 8.44. The molecule has 0 radical (unpaired) electrons. The van der Waals surface area contributed by atoms with Crippen molar-refractivity contribution in [1.29, 1.82) is 0 Å². The first-order valence-electron chi connectivity index (χ1n) is 7.58. The van der Waals surface area contributed by atoms with Gasteiger partial charge in [-0.3, -0.25) is 8.78 Å². The van der Waals surface area contributed by atoms with Crippen molar-refractivity contribution in [3.8, 4) is 0 Å². The van der Waals surface area contributed by atoms with E-state index in [-0.39, 0.29) is 21.7 Å². The molecule has 4 rings (SSSR count). The number of benzene rings is 2. The van der Waals surface area contributed by atoms with Crippen LogP contribution in [-0.4, -0.2) is 0 Å². The van der Waals surface area contributed by atoms with E-state index in [1.54, 1.807) is 0 Å². The van der Waals surface area contributed by atoms with Crippen LogP contribution in [0.4, 0.5) is 17.6 Å². The predicted molar refractivity (Wildman–Crippen MR) is 94.5 cm³/mol. The van der Waals surface area contributed by atoms with Gasteiger partial charge in [-0.1, -0.05) is 0 Å². The van der Waals surface area contributed by atoms with Gasteiger partial charge in [0.15, 0.2) is 0 Å². The molecule has 0 atom stereocenters. The predicted octanol–water partition coefficient (Wildman–Crippen LogP) is 6.34. The zero-order valence-electron chi connectivity index (χ0n) is 14.2. The molecule has 0 heterocycles. The van der Waals surface area contributed by atoms with Crippen LogP contribution >= 0.6 is 0 Å². The Bertz CT molecular complexity index is 651. The van der Waals surface area contributed by atoms with Gasteiger partial charge in [0.25, 0.3) is 0 Å². The van der Waals surface area contributed by atoms with E-state index >= 15 is 0 Å². The molecule has 0 aliphatic heterocycles. The molecule has 0 saturated carbocycles. The number of hydrogen-bond donors (Lipinski definition) is 0. The van der Waals surface area contributed by atoms with Gasteiger partial charge in [0.05, 0.1) is 0 Å². The molecule has 0 spiro atoms. The standard InChI is InChI=1S/2C6H3F2.2C5H5.Ti/c2*7-5-3-1-2-4-6(5)8;2*1-2-4-5-3-1;/h2*1-3H;2*1-5H;/q4*-1;+4. The Balaban J connectivity index is 0.000000337. The molecule has 0 fully saturated rings. The van der Waals surface area contributed by atoms with E-state index in [1.165, 1.54) is 24.3 Å². The van der Waals surface area contributed by atoms with Gasteiger partial charge in [-0.25, -0.2) is 33.0 Å². The second-order valence-corrected chi connectivity index (χ2v) is 4.59. The Hall–Kier alpha value is -2.43. The maximum Gasteiger partial charge on any atom is 4.00 e. The van der Waals surface area contributed by atoms with E-state index in [1.807, 2.05) is 60.7 Å². The van der Waals surface area contributed by atoms with Gasteiger partial charge in [-0.15, -0.1) is 24.3 Å². The van der Waals surface area contributed by atoms with E-state index in [0.29, 0.717) is 0 Å². The summed E-state index contributed by atoms with van der Waals surface area (Å²) in [6, 6.07) is 31.6. The summed E-state index contributed by atoms with van der Waals surface area (Å²) >= 11 is 0. The monoisotopic (exact) mass is 404 g/mol. The number of rotatable bonds is 0. The zero-order valence-corrected chi connectivity index (χ0v) is 15.8. The first kappa shape index (κ1) is 24.6. The molecule has 0 nitrogen and oxygen atoms in total. The maximum absolute atomic E-state index is 11.9. The van der Waals surface area contributed by atoms with Crippen LogP contribution < -0.4 is 0 Å². The summed E-state index contributed by atoms with van der Waals surface area (Å²) in [6.07, 6.45) is 0. The van der Waals surface area contributed by atoms with E-state index in [2.05, 4.69) is 12.1 Å². The van der Waals surface area contributed by atoms with Gasteiger partial charge < -0.3 is 0 Å². The molecular weight excluding hydrogens is 388 g/mol. The van der Waals surface area contributed by atoms with E-state index in [0.717, 1.165) is 12.1 Å². The molecule has 0 aliphatic rings. The molecule has 0 saturated heterocycles. The van der Waals surface area contributed by atoms with Crippen molar-refractivity contribution >= 4 is 0 Å². The van der Waals surface area contributed by atoms with Crippen LogP contribution in [0.5, 0.6) is 0 Å². The van der Waals surface area contributed by atoms with Crippen molar-refractivity contribution in [2.75, 3.05) is 0 Å². The van der Waals surface area contributed by atoms with E-state index in [4.69, 9.17) is 0 Å². The molecule has 0 N–H and O–H groups in total. The average Bonchev–Trinajstić information content (AvgIpc) is 3.39.